The van der Waals surface area contributed by atoms with Crippen molar-refractivity contribution in [2.45, 2.75) is 44.0 Å². The summed E-state index contributed by atoms with van der Waals surface area (Å²) in [5.41, 5.74) is 2.89. The van der Waals surface area contributed by atoms with E-state index in [1.165, 1.54) is 19.3 Å². The predicted octanol–water partition coefficient (Wildman–Crippen LogP) is 4.76. The van der Waals surface area contributed by atoms with Crippen LogP contribution < -0.4 is 5.56 Å². The molecule has 0 saturated heterocycles. The van der Waals surface area contributed by atoms with Crippen LogP contribution in [0.15, 0.2) is 47.3 Å². The molecule has 2 nitrogen and oxygen atoms in total. The second-order valence-electron chi connectivity index (χ2n) is 5.71. The van der Waals surface area contributed by atoms with Crippen LogP contribution in [-0.4, -0.2) is 4.57 Å². The van der Waals surface area contributed by atoms with E-state index in [9.17, 15) is 4.79 Å². The van der Waals surface area contributed by atoms with E-state index in [4.69, 9.17) is 11.6 Å². The number of hydrogen-bond donors (Lipinski definition) is 0. The Morgan fingerprint density at radius 3 is 2.38 bits per heavy atom. The van der Waals surface area contributed by atoms with Gasteiger partial charge in [0, 0.05) is 11.6 Å². The van der Waals surface area contributed by atoms with Gasteiger partial charge in [-0.05, 0) is 24.5 Å². The first-order valence-corrected chi connectivity index (χ1v) is 8.20. The Labute approximate surface area is 130 Å². The number of pyridine rings is 1. The largest absolute Gasteiger partial charge is 0.305 e. The van der Waals surface area contributed by atoms with E-state index in [0.29, 0.717) is 11.6 Å². The lowest BCUT2D eigenvalue weighted by atomic mass is 9.94. The molecular formula is C18H20ClNO. The van der Waals surface area contributed by atoms with E-state index >= 15 is 0 Å². The summed E-state index contributed by atoms with van der Waals surface area (Å²) in [6.07, 6.45) is 5.87. The third kappa shape index (κ3) is 2.91. The summed E-state index contributed by atoms with van der Waals surface area (Å²) < 4.78 is 1.99. The van der Waals surface area contributed by atoms with Crippen molar-refractivity contribution in [2.75, 3.05) is 0 Å². The molecule has 1 saturated carbocycles. The predicted molar refractivity (Wildman–Crippen MR) is 87.8 cm³/mol. The Morgan fingerprint density at radius 2 is 1.71 bits per heavy atom. The van der Waals surface area contributed by atoms with Crippen LogP contribution in [0, 0.1) is 0 Å². The van der Waals surface area contributed by atoms with Gasteiger partial charge >= 0.3 is 0 Å². The third-order valence-electron chi connectivity index (χ3n) is 4.35. The fourth-order valence-corrected chi connectivity index (χ4v) is 3.45. The highest BCUT2D eigenvalue weighted by molar-refractivity contribution is 6.17. The van der Waals surface area contributed by atoms with E-state index in [2.05, 4.69) is 12.1 Å². The van der Waals surface area contributed by atoms with E-state index in [0.717, 1.165) is 24.1 Å². The maximum atomic E-state index is 12.8. The molecule has 3 heteroatoms. The smallest absolute Gasteiger partial charge is 0.255 e. The highest BCUT2D eigenvalue weighted by Crippen LogP contribution is 2.31. The zero-order valence-corrected chi connectivity index (χ0v) is 12.9. The van der Waals surface area contributed by atoms with Crippen molar-refractivity contribution in [1.82, 2.24) is 4.57 Å². The van der Waals surface area contributed by atoms with Gasteiger partial charge in [-0.1, -0.05) is 55.7 Å². The van der Waals surface area contributed by atoms with Crippen molar-refractivity contribution in [3.05, 3.63) is 58.4 Å². The molecular weight excluding hydrogens is 282 g/mol. The first-order valence-electron chi connectivity index (χ1n) is 7.67. The maximum absolute atomic E-state index is 12.8. The Morgan fingerprint density at radius 1 is 1.00 bits per heavy atom. The number of hydrogen-bond acceptors (Lipinski definition) is 1. The van der Waals surface area contributed by atoms with Gasteiger partial charge in [0.25, 0.3) is 5.56 Å². The van der Waals surface area contributed by atoms with Crippen molar-refractivity contribution < 1.29 is 0 Å². The Kier molecular flexibility index (Phi) is 4.45. The maximum Gasteiger partial charge on any atom is 0.255 e. The molecule has 21 heavy (non-hydrogen) atoms. The average Bonchev–Trinajstić information content (AvgIpc) is 2.56. The van der Waals surface area contributed by atoms with Crippen LogP contribution in [-0.2, 0) is 5.88 Å². The monoisotopic (exact) mass is 301 g/mol. The molecule has 1 fully saturated rings. The normalized spacial score (nSPS) is 16.0. The minimum absolute atomic E-state index is 0.0817. The second-order valence-corrected chi connectivity index (χ2v) is 5.98. The number of nitrogens with zero attached hydrogens (tertiary/aromatic N) is 1. The van der Waals surface area contributed by atoms with Gasteiger partial charge in [0.2, 0.25) is 0 Å². The van der Waals surface area contributed by atoms with Gasteiger partial charge in [-0.15, -0.1) is 11.6 Å². The molecule has 1 heterocycles. The molecule has 3 rings (SSSR count). The summed E-state index contributed by atoms with van der Waals surface area (Å²) in [4.78, 5) is 12.8. The van der Waals surface area contributed by atoms with E-state index in [-0.39, 0.29) is 11.4 Å². The molecule has 1 aromatic heterocycles. The summed E-state index contributed by atoms with van der Waals surface area (Å²) in [6.45, 7) is 0. The second kappa shape index (κ2) is 6.48. The molecule has 0 unspecified atom stereocenters. The van der Waals surface area contributed by atoms with Crippen LogP contribution in [0.5, 0.6) is 0 Å². The lowest BCUT2D eigenvalue weighted by Crippen LogP contribution is -2.29. The van der Waals surface area contributed by atoms with Crippen molar-refractivity contribution >= 4 is 11.6 Å². The minimum Gasteiger partial charge on any atom is -0.305 e. The standard InChI is InChI=1S/C18H20ClNO/c19-13-15-11-12-17(14-7-3-1-4-8-14)20(18(15)21)16-9-5-2-6-10-16/h1,3-4,7-8,11-12,16H,2,5-6,9-10,13H2. The number of aromatic nitrogens is 1. The van der Waals surface area contributed by atoms with Gasteiger partial charge in [-0.3, -0.25) is 4.79 Å². The van der Waals surface area contributed by atoms with Crippen LogP contribution in [0.4, 0.5) is 0 Å². The van der Waals surface area contributed by atoms with Gasteiger partial charge in [0.1, 0.15) is 0 Å². The summed E-state index contributed by atoms with van der Waals surface area (Å²) in [6, 6.07) is 14.4. The van der Waals surface area contributed by atoms with E-state index < -0.39 is 0 Å². The lowest BCUT2D eigenvalue weighted by Gasteiger charge is -2.27. The highest BCUT2D eigenvalue weighted by atomic mass is 35.5. The zero-order chi connectivity index (χ0) is 14.7. The lowest BCUT2D eigenvalue weighted by molar-refractivity contribution is 0.348. The Bertz CT molecular complexity index is 657. The molecule has 0 N–H and O–H groups in total. The van der Waals surface area contributed by atoms with Crippen LogP contribution in [0.2, 0.25) is 0 Å². The van der Waals surface area contributed by atoms with Gasteiger partial charge in [-0.2, -0.15) is 0 Å². The molecule has 0 radical (unpaired) electrons. The molecule has 1 aliphatic carbocycles. The summed E-state index contributed by atoms with van der Waals surface area (Å²) in [5, 5.41) is 0. The molecule has 0 aliphatic heterocycles. The van der Waals surface area contributed by atoms with Crippen LogP contribution in [0.25, 0.3) is 11.3 Å². The Balaban J connectivity index is 2.15. The third-order valence-corrected chi connectivity index (χ3v) is 4.64. The molecule has 1 aliphatic rings. The van der Waals surface area contributed by atoms with Crippen LogP contribution >= 0.6 is 11.6 Å². The minimum atomic E-state index is 0.0817. The first-order chi connectivity index (χ1) is 10.3. The molecule has 0 bridgehead atoms. The molecule has 110 valence electrons. The fourth-order valence-electron chi connectivity index (χ4n) is 3.24. The highest BCUT2D eigenvalue weighted by Gasteiger charge is 2.20. The number of rotatable bonds is 3. The van der Waals surface area contributed by atoms with Crippen molar-refractivity contribution in [3.8, 4) is 11.3 Å². The average molecular weight is 302 g/mol. The molecule has 0 amide bonds. The van der Waals surface area contributed by atoms with E-state index in [1.54, 1.807) is 0 Å². The summed E-state index contributed by atoms with van der Waals surface area (Å²) >= 11 is 5.93. The molecule has 0 atom stereocenters. The topological polar surface area (TPSA) is 22.0 Å². The Hall–Kier alpha value is -1.54. The SMILES string of the molecule is O=c1c(CCl)ccc(-c2ccccc2)n1C1CCCCC1. The van der Waals surface area contributed by atoms with Crippen molar-refractivity contribution in [1.29, 1.82) is 0 Å². The molecule has 1 aromatic carbocycles. The molecule has 2 aromatic rings. The number of halogens is 1. The van der Waals surface area contributed by atoms with Crippen molar-refractivity contribution in [2.24, 2.45) is 0 Å². The quantitative estimate of drug-likeness (QED) is 0.749. The van der Waals surface area contributed by atoms with Crippen LogP contribution in [0.3, 0.4) is 0 Å². The number of benzene rings is 1. The first kappa shape index (κ1) is 14.4. The zero-order valence-electron chi connectivity index (χ0n) is 12.1. The summed E-state index contributed by atoms with van der Waals surface area (Å²) in [5.74, 6) is 0.278. The summed E-state index contributed by atoms with van der Waals surface area (Å²) in [7, 11) is 0. The van der Waals surface area contributed by atoms with Gasteiger partial charge in [0.15, 0.2) is 0 Å². The van der Waals surface area contributed by atoms with Crippen LogP contribution in [0.1, 0.15) is 43.7 Å². The fraction of sp³-hybridized carbons (Fsp3) is 0.389. The van der Waals surface area contributed by atoms with Gasteiger partial charge in [0.05, 0.1) is 11.6 Å². The van der Waals surface area contributed by atoms with Gasteiger partial charge < -0.3 is 4.57 Å². The van der Waals surface area contributed by atoms with E-state index in [1.807, 2.05) is 34.9 Å². The van der Waals surface area contributed by atoms with Gasteiger partial charge in [-0.25, -0.2) is 0 Å². The molecule has 0 spiro atoms. The number of alkyl halides is 1. The van der Waals surface area contributed by atoms with Crippen molar-refractivity contribution in [3.63, 3.8) is 0 Å².